The summed E-state index contributed by atoms with van der Waals surface area (Å²) in [6.45, 7) is 3.16. The van der Waals surface area contributed by atoms with Gasteiger partial charge >= 0.3 is 0 Å². The summed E-state index contributed by atoms with van der Waals surface area (Å²) in [6, 6.07) is 3.70. The van der Waals surface area contributed by atoms with E-state index in [9.17, 15) is 4.79 Å². The van der Waals surface area contributed by atoms with Gasteiger partial charge in [-0.1, -0.05) is 6.07 Å². The standard InChI is InChI=1S/C11H14N2O2/c1-9-5-4-6-12-10(9)11(14)13-7-2-3-8-15-13/h4-6H,2-3,7-8H2,1H3. The van der Waals surface area contributed by atoms with Crippen LogP contribution in [0.25, 0.3) is 0 Å². The van der Waals surface area contributed by atoms with Crippen LogP contribution in [0.5, 0.6) is 0 Å². The molecular formula is C11H14N2O2. The Morgan fingerprint density at radius 1 is 1.53 bits per heavy atom. The highest BCUT2D eigenvalue weighted by atomic mass is 16.7. The molecule has 0 aliphatic carbocycles. The maximum Gasteiger partial charge on any atom is 0.296 e. The number of aromatic nitrogens is 1. The van der Waals surface area contributed by atoms with E-state index in [1.54, 1.807) is 6.20 Å². The number of hydroxylamine groups is 2. The van der Waals surface area contributed by atoms with Crippen LogP contribution < -0.4 is 0 Å². The minimum atomic E-state index is -0.132. The van der Waals surface area contributed by atoms with Crippen molar-refractivity contribution in [3.63, 3.8) is 0 Å². The number of rotatable bonds is 1. The Bertz CT molecular complexity index is 359. The fraction of sp³-hybridized carbons (Fsp3) is 0.455. The summed E-state index contributed by atoms with van der Waals surface area (Å²) >= 11 is 0. The highest BCUT2D eigenvalue weighted by molar-refractivity contribution is 5.92. The number of nitrogens with zero attached hydrogens (tertiary/aromatic N) is 2. The van der Waals surface area contributed by atoms with Crippen LogP contribution in [-0.4, -0.2) is 29.1 Å². The molecule has 0 radical (unpaired) electrons. The fourth-order valence-electron chi connectivity index (χ4n) is 1.58. The number of aryl methyl sites for hydroxylation is 1. The molecule has 4 nitrogen and oxygen atoms in total. The van der Waals surface area contributed by atoms with Crippen molar-refractivity contribution in [1.29, 1.82) is 0 Å². The normalized spacial score (nSPS) is 16.5. The van der Waals surface area contributed by atoms with Crippen molar-refractivity contribution in [2.45, 2.75) is 19.8 Å². The number of carbonyl (C=O) groups is 1. The molecule has 2 heterocycles. The summed E-state index contributed by atoms with van der Waals surface area (Å²) in [5.41, 5.74) is 1.37. The van der Waals surface area contributed by atoms with Crippen LogP contribution in [0.15, 0.2) is 18.3 Å². The third kappa shape index (κ3) is 2.15. The third-order valence-corrected chi connectivity index (χ3v) is 2.44. The zero-order chi connectivity index (χ0) is 10.7. The van der Waals surface area contributed by atoms with Gasteiger partial charge in [-0.3, -0.25) is 14.6 Å². The number of hydrogen-bond donors (Lipinski definition) is 0. The highest BCUT2D eigenvalue weighted by Gasteiger charge is 2.21. The SMILES string of the molecule is Cc1cccnc1C(=O)N1CCCCO1. The number of hydrogen-bond acceptors (Lipinski definition) is 3. The molecule has 2 rings (SSSR count). The summed E-state index contributed by atoms with van der Waals surface area (Å²) in [6.07, 6.45) is 3.65. The van der Waals surface area contributed by atoms with Gasteiger partial charge in [0.15, 0.2) is 0 Å². The predicted octanol–water partition coefficient (Wildman–Crippen LogP) is 1.56. The quantitative estimate of drug-likeness (QED) is 0.700. The van der Waals surface area contributed by atoms with Gasteiger partial charge in [-0.25, -0.2) is 5.06 Å². The van der Waals surface area contributed by atoms with Gasteiger partial charge in [-0.15, -0.1) is 0 Å². The van der Waals surface area contributed by atoms with Crippen molar-refractivity contribution in [2.24, 2.45) is 0 Å². The molecule has 0 bridgehead atoms. The van der Waals surface area contributed by atoms with Crippen molar-refractivity contribution < 1.29 is 9.63 Å². The van der Waals surface area contributed by atoms with E-state index in [1.807, 2.05) is 19.1 Å². The zero-order valence-electron chi connectivity index (χ0n) is 8.77. The van der Waals surface area contributed by atoms with Gasteiger partial charge in [-0.2, -0.15) is 0 Å². The lowest BCUT2D eigenvalue weighted by Crippen LogP contribution is -2.36. The fourth-order valence-corrected chi connectivity index (χ4v) is 1.58. The van der Waals surface area contributed by atoms with Gasteiger partial charge in [0.25, 0.3) is 5.91 Å². The Hall–Kier alpha value is -1.42. The largest absolute Gasteiger partial charge is 0.296 e. The van der Waals surface area contributed by atoms with Gasteiger partial charge in [0.1, 0.15) is 5.69 Å². The lowest BCUT2D eigenvalue weighted by atomic mass is 10.2. The molecule has 0 unspecified atom stereocenters. The topological polar surface area (TPSA) is 42.4 Å². The van der Waals surface area contributed by atoms with Crippen LogP contribution in [0.2, 0.25) is 0 Å². The van der Waals surface area contributed by atoms with E-state index < -0.39 is 0 Å². The van der Waals surface area contributed by atoms with Crippen molar-refractivity contribution in [2.75, 3.05) is 13.2 Å². The predicted molar refractivity (Wildman–Crippen MR) is 55.2 cm³/mol. The lowest BCUT2D eigenvalue weighted by Gasteiger charge is -2.25. The number of carbonyl (C=O) groups excluding carboxylic acids is 1. The second-order valence-corrected chi connectivity index (χ2v) is 3.62. The Labute approximate surface area is 88.8 Å². The first-order valence-corrected chi connectivity index (χ1v) is 5.15. The Balaban J connectivity index is 2.16. The first-order chi connectivity index (χ1) is 7.29. The second-order valence-electron chi connectivity index (χ2n) is 3.62. The Kier molecular flexibility index (Phi) is 2.97. The van der Waals surface area contributed by atoms with Crippen LogP contribution in [-0.2, 0) is 4.84 Å². The maximum absolute atomic E-state index is 12.0. The summed E-state index contributed by atoms with van der Waals surface area (Å²) in [4.78, 5) is 21.3. The van der Waals surface area contributed by atoms with Gasteiger partial charge in [0.05, 0.1) is 6.61 Å². The molecule has 1 amide bonds. The molecule has 1 aliphatic rings. The summed E-state index contributed by atoms with van der Waals surface area (Å²) < 4.78 is 0. The van der Waals surface area contributed by atoms with Crippen LogP contribution in [0.4, 0.5) is 0 Å². The van der Waals surface area contributed by atoms with E-state index in [4.69, 9.17) is 4.84 Å². The molecule has 0 atom stereocenters. The molecule has 4 heteroatoms. The summed E-state index contributed by atoms with van der Waals surface area (Å²) in [5, 5.41) is 1.42. The third-order valence-electron chi connectivity index (χ3n) is 2.44. The van der Waals surface area contributed by atoms with Gasteiger partial charge in [0, 0.05) is 12.7 Å². The van der Waals surface area contributed by atoms with E-state index in [-0.39, 0.29) is 5.91 Å². The minimum absolute atomic E-state index is 0.132. The average molecular weight is 206 g/mol. The van der Waals surface area contributed by atoms with E-state index >= 15 is 0 Å². The van der Waals surface area contributed by atoms with Crippen molar-refractivity contribution in [3.05, 3.63) is 29.6 Å². The van der Waals surface area contributed by atoms with Gasteiger partial charge < -0.3 is 0 Å². The molecule has 0 spiro atoms. The molecule has 80 valence electrons. The summed E-state index contributed by atoms with van der Waals surface area (Å²) in [7, 11) is 0. The van der Waals surface area contributed by atoms with Crippen LogP contribution in [0, 0.1) is 6.92 Å². The minimum Gasteiger partial charge on any atom is -0.271 e. The highest BCUT2D eigenvalue weighted by Crippen LogP contribution is 2.12. The van der Waals surface area contributed by atoms with E-state index in [1.165, 1.54) is 5.06 Å². The molecular weight excluding hydrogens is 192 g/mol. The maximum atomic E-state index is 12.0. The van der Waals surface area contributed by atoms with Gasteiger partial charge in [0.2, 0.25) is 0 Å². The van der Waals surface area contributed by atoms with E-state index in [0.29, 0.717) is 18.8 Å². The molecule has 0 aromatic carbocycles. The number of pyridine rings is 1. The van der Waals surface area contributed by atoms with Crippen LogP contribution in [0.1, 0.15) is 28.9 Å². The molecule has 15 heavy (non-hydrogen) atoms. The molecule has 1 fully saturated rings. The van der Waals surface area contributed by atoms with Crippen LogP contribution >= 0.6 is 0 Å². The molecule has 1 saturated heterocycles. The van der Waals surface area contributed by atoms with Crippen molar-refractivity contribution >= 4 is 5.91 Å². The molecule has 0 saturated carbocycles. The zero-order valence-corrected chi connectivity index (χ0v) is 8.77. The number of amides is 1. The first kappa shape index (κ1) is 10.1. The second kappa shape index (κ2) is 4.40. The van der Waals surface area contributed by atoms with E-state index in [2.05, 4.69) is 4.98 Å². The first-order valence-electron chi connectivity index (χ1n) is 5.15. The Morgan fingerprint density at radius 2 is 2.40 bits per heavy atom. The molecule has 1 aromatic heterocycles. The smallest absolute Gasteiger partial charge is 0.271 e. The van der Waals surface area contributed by atoms with Crippen molar-refractivity contribution in [3.8, 4) is 0 Å². The monoisotopic (exact) mass is 206 g/mol. The van der Waals surface area contributed by atoms with Crippen molar-refractivity contribution in [1.82, 2.24) is 10.0 Å². The lowest BCUT2D eigenvalue weighted by molar-refractivity contribution is -0.144. The Morgan fingerprint density at radius 3 is 3.07 bits per heavy atom. The molecule has 1 aliphatic heterocycles. The average Bonchev–Trinajstić information content (AvgIpc) is 2.30. The van der Waals surface area contributed by atoms with Crippen LogP contribution in [0.3, 0.4) is 0 Å². The van der Waals surface area contributed by atoms with E-state index in [0.717, 1.165) is 18.4 Å². The molecule has 1 aromatic rings. The molecule has 0 N–H and O–H groups in total. The van der Waals surface area contributed by atoms with Gasteiger partial charge in [-0.05, 0) is 31.4 Å². The summed E-state index contributed by atoms with van der Waals surface area (Å²) in [5.74, 6) is -0.132.